The van der Waals surface area contributed by atoms with E-state index in [9.17, 15) is 0 Å². The van der Waals surface area contributed by atoms with Crippen LogP contribution in [0.5, 0.6) is 0 Å². The van der Waals surface area contributed by atoms with Gasteiger partial charge in [-0.2, -0.15) is 0 Å². The van der Waals surface area contributed by atoms with Crippen molar-refractivity contribution in [2.75, 3.05) is 0 Å². The second kappa shape index (κ2) is 7.44. The highest BCUT2D eigenvalue weighted by molar-refractivity contribution is 8.06. The maximum Gasteiger partial charge on any atom is 0.0188 e. The quantitative estimate of drug-likeness (QED) is 0.565. The summed E-state index contributed by atoms with van der Waals surface area (Å²) in [5.41, 5.74) is 1.00. The van der Waals surface area contributed by atoms with Crippen molar-refractivity contribution in [1.29, 1.82) is 0 Å². The molecule has 0 fully saturated rings. The Morgan fingerprint density at radius 1 is 1.00 bits per heavy atom. The average Bonchev–Trinajstić information content (AvgIpc) is 2.16. The van der Waals surface area contributed by atoms with Crippen LogP contribution in [0, 0.1) is 0 Å². The zero-order valence-corrected chi connectivity index (χ0v) is 8.52. The summed E-state index contributed by atoms with van der Waals surface area (Å²) in [4.78, 5) is 1.07. The highest BCUT2D eigenvalue weighted by Gasteiger charge is 1.94. The lowest BCUT2D eigenvalue weighted by molar-refractivity contribution is 1.69. The summed E-state index contributed by atoms with van der Waals surface area (Å²) in [7, 11) is 0. The number of allylic oxidation sites excluding steroid dienone is 6. The van der Waals surface area contributed by atoms with Gasteiger partial charge in [0.2, 0.25) is 0 Å². The van der Waals surface area contributed by atoms with E-state index < -0.39 is 0 Å². The smallest absolute Gasteiger partial charge is 0.0188 e. The highest BCUT2D eigenvalue weighted by Crippen LogP contribution is 2.23. The lowest BCUT2D eigenvalue weighted by Crippen LogP contribution is -1.76. The van der Waals surface area contributed by atoms with E-state index in [-0.39, 0.29) is 0 Å². The fourth-order valence-electron chi connectivity index (χ4n) is 0.733. The molecule has 0 rings (SSSR count). The van der Waals surface area contributed by atoms with Crippen molar-refractivity contribution in [2.45, 2.75) is 0 Å². The zero-order valence-electron chi connectivity index (χ0n) is 7.70. The Labute approximate surface area is 84.7 Å². The first kappa shape index (κ1) is 11.8. The van der Waals surface area contributed by atoms with Crippen LogP contribution in [-0.4, -0.2) is 0 Å². The summed E-state index contributed by atoms with van der Waals surface area (Å²) in [5, 5.41) is 1.77. The third-order valence-electron chi connectivity index (χ3n) is 1.32. The minimum absolute atomic E-state index is 1.00. The first-order chi connectivity index (χ1) is 6.29. The molecule has 0 saturated carbocycles. The predicted octanol–water partition coefficient (Wildman–Crippen LogP) is 4.23. The van der Waals surface area contributed by atoms with Crippen LogP contribution in [0.15, 0.2) is 72.6 Å². The maximum absolute atomic E-state index is 3.71. The SMILES string of the molecule is C=C/C=C\C(SC=C)=C(C=C)C=C. The largest absolute Gasteiger partial charge is 0.0991 e. The van der Waals surface area contributed by atoms with Crippen molar-refractivity contribution in [3.8, 4) is 0 Å². The monoisotopic (exact) mass is 190 g/mol. The molecule has 0 heterocycles. The van der Waals surface area contributed by atoms with Crippen LogP contribution in [-0.2, 0) is 0 Å². The molecule has 0 amide bonds. The first-order valence-electron chi connectivity index (χ1n) is 3.86. The van der Waals surface area contributed by atoms with Gasteiger partial charge in [-0.05, 0) is 17.1 Å². The molecule has 1 heteroatoms. The Morgan fingerprint density at radius 3 is 2.00 bits per heavy atom. The van der Waals surface area contributed by atoms with Crippen molar-refractivity contribution in [1.82, 2.24) is 0 Å². The number of hydrogen-bond acceptors (Lipinski definition) is 1. The molecule has 0 aromatic carbocycles. The molecule has 0 saturated heterocycles. The molecule has 0 aromatic rings. The topological polar surface area (TPSA) is 0 Å². The molecule has 0 nitrogen and oxygen atoms in total. The predicted molar refractivity (Wildman–Crippen MR) is 64.5 cm³/mol. The molecule has 0 N–H and O–H groups in total. The number of rotatable bonds is 6. The molecule has 0 aliphatic rings. The van der Waals surface area contributed by atoms with E-state index >= 15 is 0 Å². The Kier molecular flexibility index (Phi) is 6.75. The van der Waals surface area contributed by atoms with Crippen molar-refractivity contribution in [3.05, 3.63) is 72.6 Å². The molecule has 0 atom stereocenters. The van der Waals surface area contributed by atoms with Gasteiger partial charge >= 0.3 is 0 Å². The highest BCUT2D eigenvalue weighted by atomic mass is 32.2. The Morgan fingerprint density at radius 2 is 1.62 bits per heavy atom. The number of hydrogen-bond donors (Lipinski definition) is 0. The lowest BCUT2D eigenvalue weighted by atomic mass is 10.2. The summed E-state index contributed by atoms with van der Waals surface area (Å²) in [6, 6.07) is 0. The van der Waals surface area contributed by atoms with Gasteiger partial charge < -0.3 is 0 Å². The molecule has 0 aliphatic heterocycles. The van der Waals surface area contributed by atoms with Gasteiger partial charge in [-0.1, -0.05) is 62.4 Å². The van der Waals surface area contributed by atoms with Crippen molar-refractivity contribution < 1.29 is 0 Å². The average molecular weight is 190 g/mol. The van der Waals surface area contributed by atoms with Crippen LogP contribution < -0.4 is 0 Å². The molecule has 0 spiro atoms. The molecule has 0 bridgehead atoms. The minimum atomic E-state index is 1.00. The van der Waals surface area contributed by atoms with Crippen LogP contribution in [0.25, 0.3) is 0 Å². The minimum Gasteiger partial charge on any atom is -0.0991 e. The number of thioether (sulfide) groups is 1. The second-order valence-electron chi connectivity index (χ2n) is 2.11. The van der Waals surface area contributed by atoms with E-state index in [1.165, 1.54) is 0 Å². The molecule has 0 aromatic heterocycles. The summed E-state index contributed by atoms with van der Waals surface area (Å²) >= 11 is 1.54. The summed E-state index contributed by atoms with van der Waals surface area (Å²) < 4.78 is 0. The van der Waals surface area contributed by atoms with Crippen molar-refractivity contribution >= 4 is 11.8 Å². The summed E-state index contributed by atoms with van der Waals surface area (Å²) in [6.07, 6.45) is 9.10. The van der Waals surface area contributed by atoms with Gasteiger partial charge in [0.05, 0.1) is 0 Å². The van der Waals surface area contributed by atoms with Gasteiger partial charge in [0, 0.05) is 4.91 Å². The van der Waals surface area contributed by atoms with Gasteiger partial charge in [-0.3, -0.25) is 0 Å². The van der Waals surface area contributed by atoms with Crippen molar-refractivity contribution in [3.63, 3.8) is 0 Å². The zero-order chi connectivity index (χ0) is 10.1. The molecular weight excluding hydrogens is 176 g/mol. The molecule has 0 aliphatic carbocycles. The van der Waals surface area contributed by atoms with E-state index in [2.05, 4.69) is 26.3 Å². The van der Waals surface area contributed by atoms with Crippen LogP contribution in [0.4, 0.5) is 0 Å². The first-order valence-corrected chi connectivity index (χ1v) is 4.74. The Balaban J connectivity index is 4.92. The Bertz CT molecular complexity index is 257. The van der Waals surface area contributed by atoms with Gasteiger partial charge in [-0.15, -0.1) is 0 Å². The normalized spacial score (nSPS) is 9.23. The molecule has 0 unspecified atom stereocenters. The van der Waals surface area contributed by atoms with Gasteiger partial charge in [0.25, 0.3) is 0 Å². The van der Waals surface area contributed by atoms with E-state index in [1.54, 1.807) is 35.4 Å². The van der Waals surface area contributed by atoms with Crippen LogP contribution in [0.2, 0.25) is 0 Å². The van der Waals surface area contributed by atoms with Crippen LogP contribution in [0.1, 0.15) is 0 Å². The maximum atomic E-state index is 3.71. The van der Waals surface area contributed by atoms with E-state index in [4.69, 9.17) is 0 Å². The van der Waals surface area contributed by atoms with E-state index in [0.717, 1.165) is 10.5 Å². The van der Waals surface area contributed by atoms with E-state index in [0.29, 0.717) is 0 Å². The Hall–Kier alpha value is -1.21. The van der Waals surface area contributed by atoms with Gasteiger partial charge in [0.15, 0.2) is 0 Å². The summed E-state index contributed by atoms with van der Waals surface area (Å²) in [6.45, 7) is 14.7. The lowest BCUT2D eigenvalue weighted by Gasteiger charge is -2.00. The van der Waals surface area contributed by atoms with Gasteiger partial charge in [-0.25, -0.2) is 0 Å². The molecule has 68 valence electrons. The molecular formula is C12H14S. The fraction of sp³-hybridized carbons (Fsp3) is 0. The summed E-state index contributed by atoms with van der Waals surface area (Å²) in [5.74, 6) is 0. The van der Waals surface area contributed by atoms with Crippen LogP contribution in [0.3, 0.4) is 0 Å². The second-order valence-corrected chi connectivity index (χ2v) is 3.12. The van der Waals surface area contributed by atoms with Crippen LogP contribution >= 0.6 is 11.8 Å². The third kappa shape index (κ3) is 4.38. The standard InChI is InChI=1S/C12H14S/c1-5-9-10-12(13-8-4)11(6-2)7-3/h5-10H,1-4H2/b10-9-. The molecule has 13 heavy (non-hydrogen) atoms. The fourth-order valence-corrected chi connectivity index (χ4v) is 1.37. The van der Waals surface area contributed by atoms with E-state index in [1.807, 2.05) is 12.2 Å². The van der Waals surface area contributed by atoms with Crippen molar-refractivity contribution in [2.24, 2.45) is 0 Å². The third-order valence-corrected chi connectivity index (χ3v) is 2.11. The molecule has 0 radical (unpaired) electrons. The van der Waals surface area contributed by atoms with Gasteiger partial charge in [0.1, 0.15) is 0 Å².